The van der Waals surface area contributed by atoms with Gasteiger partial charge in [0, 0.05) is 6.61 Å². The Kier molecular flexibility index (Phi) is 4.74. The Balaban J connectivity index is 2.57. The van der Waals surface area contributed by atoms with Gasteiger partial charge in [0.2, 0.25) is 5.91 Å². The van der Waals surface area contributed by atoms with Crippen molar-refractivity contribution in [3.05, 3.63) is 0 Å². The lowest BCUT2D eigenvalue weighted by Crippen LogP contribution is -2.51. The lowest BCUT2D eigenvalue weighted by atomic mass is 9.94. The molecule has 1 aliphatic heterocycles. The largest absolute Gasteiger partial charge is 0.394 e. The fourth-order valence-corrected chi connectivity index (χ4v) is 1.98. The highest BCUT2D eigenvalue weighted by atomic mass is 16.5. The molecule has 0 radical (unpaired) electrons. The number of carbonyl (C=O) groups excluding carboxylic acids is 1. The molecule has 1 saturated heterocycles. The molecule has 1 heterocycles. The molecule has 0 saturated carbocycles. The first kappa shape index (κ1) is 13.5. The molecule has 3 atom stereocenters. The van der Waals surface area contributed by atoms with E-state index in [9.17, 15) is 9.90 Å². The van der Waals surface area contributed by atoms with Crippen LogP contribution in [0.2, 0.25) is 0 Å². The van der Waals surface area contributed by atoms with Gasteiger partial charge in [0.25, 0.3) is 0 Å². The average molecular weight is 229 g/mol. The minimum absolute atomic E-state index is 0.0164. The molecule has 0 aliphatic carbocycles. The molecular formula is C12H23NO3. The van der Waals surface area contributed by atoms with Gasteiger partial charge < -0.3 is 15.2 Å². The van der Waals surface area contributed by atoms with Crippen molar-refractivity contribution in [3.63, 3.8) is 0 Å². The number of carbonyl (C=O) groups is 1. The van der Waals surface area contributed by atoms with Crippen LogP contribution in [-0.4, -0.2) is 35.9 Å². The summed E-state index contributed by atoms with van der Waals surface area (Å²) in [4.78, 5) is 12.0. The molecule has 4 nitrogen and oxygen atoms in total. The van der Waals surface area contributed by atoms with E-state index in [-0.39, 0.29) is 24.5 Å². The highest BCUT2D eigenvalue weighted by molar-refractivity contribution is 5.80. The number of nitrogens with one attached hydrogen (secondary N) is 1. The van der Waals surface area contributed by atoms with E-state index in [0.29, 0.717) is 6.61 Å². The van der Waals surface area contributed by atoms with Crippen LogP contribution in [0.4, 0.5) is 0 Å². The van der Waals surface area contributed by atoms with E-state index in [0.717, 1.165) is 19.3 Å². The molecule has 0 spiro atoms. The summed E-state index contributed by atoms with van der Waals surface area (Å²) in [6.45, 7) is 6.49. The van der Waals surface area contributed by atoms with Crippen LogP contribution < -0.4 is 5.32 Å². The zero-order valence-corrected chi connectivity index (χ0v) is 10.5. The van der Waals surface area contributed by atoms with Gasteiger partial charge in [0.15, 0.2) is 0 Å². The van der Waals surface area contributed by atoms with Gasteiger partial charge in [-0.1, -0.05) is 13.8 Å². The molecule has 0 aromatic rings. The summed E-state index contributed by atoms with van der Waals surface area (Å²) in [5.41, 5.74) is -0.502. The lowest BCUT2D eigenvalue weighted by Gasteiger charge is -2.29. The number of amides is 1. The predicted molar refractivity (Wildman–Crippen MR) is 62.1 cm³/mol. The second-order valence-corrected chi connectivity index (χ2v) is 4.77. The first-order chi connectivity index (χ1) is 7.56. The molecular weight excluding hydrogens is 206 g/mol. The molecule has 0 aromatic carbocycles. The number of hydrogen-bond donors (Lipinski definition) is 2. The number of hydrogen-bond acceptors (Lipinski definition) is 3. The fraction of sp³-hybridized carbons (Fsp3) is 0.917. The maximum atomic E-state index is 12.0. The molecule has 1 fully saturated rings. The third kappa shape index (κ3) is 2.95. The number of ether oxygens (including phenoxy) is 1. The molecule has 2 N–H and O–H groups in total. The Labute approximate surface area is 97.4 Å². The van der Waals surface area contributed by atoms with Crippen LogP contribution in [0.3, 0.4) is 0 Å². The first-order valence-corrected chi connectivity index (χ1v) is 6.10. The van der Waals surface area contributed by atoms with E-state index < -0.39 is 5.54 Å². The summed E-state index contributed by atoms with van der Waals surface area (Å²) < 4.78 is 5.49. The summed E-state index contributed by atoms with van der Waals surface area (Å²) in [6.07, 6.45) is 2.41. The van der Waals surface area contributed by atoms with Crippen molar-refractivity contribution < 1.29 is 14.6 Å². The van der Waals surface area contributed by atoms with Crippen molar-refractivity contribution >= 4 is 5.91 Å². The Morgan fingerprint density at radius 1 is 1.56 bits per heavy atom. The smallest absolute Gasteiger partial charge is 0.226 e. The monoisotopic (exact) mass is 229 g/mol. The highest BCUT2D eigenvalue weighted by Gasteiger charge is 2.35. The van der Waals surface area contributed by atoms with Crippen LogP contribution in [0, 0.1) is 5.92 Å². The van der Waals surface area contributed by atoms with Crippen molar-refractivity contribution in [2.24, 2.45) is 5.92 Å². The van der Waals surface area contributed by atoms with E-state index in [4.69, 9.17) is 4.74 Å². The van der Waals surface area contributed by atoms with Crippen molar-refractivity contribution in [1.82, 2.24) is 5.32 Å². The molecule has 3 unspecified atom stereocenters. The quantitative estimate of drug-likeness (QED) is 0.741. The maximum absolute atomic E-state index is 12.0. The van der Waals surface area contributed by atoms with E-state index in [2.05, 4.69) is 5.32 Å². The van der Waals surface area contributed by atoms with Crippen molar-refractivity contribution in [2.45, 2.75) is 51.7 Å². The summed E-state index contributed by atoms with van der Waals surface area (Å²) >= 11 is 0. The summed E-state index contributed by atoms with van der Waals surface area (Å²) in [7, 11) is 0. The molecule has 0 aromatic heterocycles. The van der Waals surface area contributed by atoms with Gasteiger partial charge in [-0.3, -0.25) is 4.79 Å². The molecule has 16 heavy (non-hydrogen) atoms. The van der Waals surface area contributed by atoms with E-state index >= 15 is 0 Å². The molecule has 0 bridgehead atoms. The van der Waals surface area contributed by atoms with Gasteiger partial charge in [-0.2, -0.15) is 0 Å². The number of aliphatic hydroxyl groups is 1. The van der Waals surface area contributed by atoms with Gasteiger partial charge in [-0.25, -0.2) is 0 Å². The van der Waals surface area contributed by atoms with Crippen LogP contribution in [0.5, 0.6) is 0 Å². The third-order valence-electron chi connectivity index (χ3n) is 3.50. The molecule has 1 rings (SSSR count). The van der Waals surface area contributed by atoms with Crippen LogP contribution in [0.15, 0.2) is 0 Å². The molecule has 1 aliphatic rings. The SMILES string of the molecule is CCC1OCCC1C(=O)NC(C)(CC)CO. The maximum Gasteiger partial charge on any atom is 0.226 e. The average Bonchev–Trinajstić information content (AvgIpc) is 2.76. The van der Waals surface area contributed by atoms with Crippen LogP contribution in [0.1, 0.15) is 40.0 Å². The van der Waals surface area contributed by atoms with Gasteiger partial charge in [-0.05, 0) is 26.2 Å². The molecule has 94 valence electrons. The Morgan fingerprint density at radius 3 is 2.75 bits per heavy atom. The topological polar surface area (TPSA) is 58.6 Å². The van der Waals surface area contributed by atoms with Crippen molar-refractivity contribution in [1.29, 1.82) is 0 Å². The Hall–Kier alpha value is -0.610. The van der Waals surface area contributed by atoms with E-state index in [1.165, 1.54) is 0 Å². The minimum atomic E-state index is -0.502. The number of rotatable bonds is 5. The number of aliphatic hydroxyl groups excluding tert-OH is 1. The molecule has 1 amide bonds. The Morgan fingerprint density at radius 2 is 2.25 bits per heavy atom. The van der Waals surface area contributed by atoms with Crippen LogP contribution in [0.25, 0.3) is 0 Å². The highest BCUT2D eigenvalue weighted by Crippen LogP contribution is 2.24. The predicted octanol–water partition coefficient (Wildman–Crippen LogP) is 1.08. The summed E-state index contributed by atoms with van der Waals surface area (Å²) in [5.74, 6) is -0.0369. The summed E-state index contributed by atoms with van der Waals surface area (Å²) in [5, 5.41) is 12.2. The Bertz CT molecular complexity index is 238. The zero-order valence-electron chi connectivity index (χ0n) is 10.5. The van der Waals surface area contributed by atoms with Crippen LogP contribution >= 0.6 is 0 Å². The third-order valence-corrected chi connectivity index (χ3v) is 3.50. The van der Waals surface area contributed by atoms with Gasteiger partial charge in [-0.15, -0.1) is 0 Å². The summed E-state index contributed by atoms with van der Waals surface area (Å²) in [6, 6.07) is 0. The fourth-order valence-electron chi connectivity index (χ4n) is 1.98. The second-order valence-electron chi connectivity index (χ2n) is 4.77. The van der Waals surface area contributed by atoms with Gasteiger partial charge in [0.05, 0.1) is 24.2 Å². The zero-order chi connectivity index (χ0) is 12.2. The second kappa shape index (κ2) is 5.64. The van der Waals surface area contributed by atoms with Crippen molar-refractivity contribution in [2.75, 3.05) is 13.2 Å². The van der Waals surface area contributed by atoms with Crippen LogP contribution in [-0.2, 0) is 9.53 Å². The standard InChI is InChI=1S/C12H23NO3/c1-4-10-9(6-7-16-10)11(15)13-12(3,5-2)8-14/h9-10,14H,4-8H2,1-3H3,(H,13,15). The molecule has 4 heteroatoms. The van der Waals surface area contributed by atoms with Gasteiger partial charge in [0.1, 0.15) is 0 Å². The minimum Gasteiger partial charge on any atom is -0.394 e. The van der Waals surface area contributed by atoms with E-state index in [1.54, 1.807) is 0 Å². The van der Waals surface area contributed by atoms with Gasteiger partial charge >= 0.3 is 0 Å². The van der Waals surface area contributed by atoms with E-state index in [1.807, 2.05) is 20.8 Å². The first-order valence-electron chi connectivity index (χ1n) is 6.10. The van der Waals surface area contributed by atoms with Crippen molar-refractivity contribution in [3.8, 4) is 0 Å². The normalized spacial score (nSPS) is 28.8. The lowest BCUT2D eigenvalue weighted by molar-refractivity contribution is -0.129.